The van der Waals surface area contributed by atoms with Crippen LogP contribution in [0, 0.1) is 11.3 Å². The fourth-order valence-corrected chi connectivity index (χ4v) is 6.01. The summed E-state index contributed by atoms with van der Waals surface area (Å²) in [5.41, 5.74) is 1.28. The molecule has 160 valence electrons. The smallest absolute Gasteiger partial charge is 0.243 e. The molecule has 1 atom stereocenters. The Hall–Kier alpha value is -2.29. The van der Waals surface area contributed by atoms with Gasteiger partial charge < -0.3 is 10.1 Å². The quantitative estimate of drug-likeness (QED) is 0.790. The van der Waals surface area contributed by atoms with Gasteiger partial charge in [0, 0.05) is 37.9 Å². The molecule has 0 unspecified atom stereocenters. The molecule has 2 aliphatic heterocycles. The van der Waals surface area contributed by atoms with Crippen molar-refractivity contribution in [2.75, 3.05) is 31.6 Å². The molecule has 2 saturated heterocycles. The number of benzene rings is 1. The maximum atomic E-state index is 13.3. The van der Waals surface area contributed by atoms with Crippen molar-refractivity contribution in [1.29, 1.82) is 0 Å². The van der Waals surface area contributed by atoms with Gasteiger partial charge in [0.2, 0.25) is 15.9 Å². The van der Waals surface area contributed by atoms with Crippen molar-refractivity contribution < 1.29 is 17.9 Å². The summed E-state index contributed by atoms with van der Waals surface area (Å²) in [5.74, 6) is -0.602. The van der Waals surface area contributed by atoms with Crippen molar-refractivity contribution in [3.8, 4) is 0 Å². The number of ether oxygens (including phenoxy) is 1. The molecule has 0 saturated carbocycles. The number of nitrogens with one attached hydrogen (secondary N) is 1. The van der Waals surface area contributed by atoms with Crippen LogP contribution in [0.3, 0.4) is 0 Å². The minimum Gasteiger partial charge on any atom is -0.381 e. The lowest BCUT2D eigenvalue weighted by molar-refractivity contribution is -0.124. The number of aromatic nitrogens is 1. The number of nitrogens with zero attached hydrogens (tertiary/aromatic N) is 2. The van der Waals surface area contributed by atoms with Crippen LogP contribution in [-0.2, 0) is 26.0 Å². The highest BCUT2D eigenvalue weighted by Gasteiger charge is 2.53. The zero-order valence-corrected chi connectivity index (χ0v) is 17.9. The number of carbonyl (C=O) groups is 1. The van der Waals surface area contributed by atoms with Crippen LogP contribution < -0.4 is 5.32 Å². The molecule has 2 fully saturated rings. The maximum absolute atomic E-state index is 13.3. The number of pyridine rings is 1. The summed E-state index contributed by atoms with van der Waals surface area (Å²) in [6.45, 7) is 3.61. The fraction of sp³-hybridized carbons (Fsp3) is 0.455. The Morgan fingerprint density at radius 3 is 2.60 bits per heavy atom. The third kappa shape index (κ3) is 3.99. The Morgan fingerprint density at radius 1 is 1.23 bits per heavy atom. The zero-order valence-electron chi connectivity index (χ0n) is 17.1. The number of carbonyl (C=O) groups excluding carboxylic acids is 1. The van der Waals surface area contributed by atoms with E-state index in [2.05, 4.69) is 10.3 Å². The van der Waals surface area contributed by atoms with E-state index < -0.39 is 21.4 Å². The average Bonchev–Trinajstić information content (AvgIpc) is 3.14. The summed E-state index contributed by atoms with van der Waals surface area (Å²) in [6.07, 6.45) is 5.41. The zero-order chi connectivity index (χ0) is 21.2. The van der Waals surface area contributed by atoms with Crippen LogP contribution >= 0.6 is 0 Å². The average molecular weight is 430 g/mol. The monoisotopic (exact) mass is 429 g/mol. The van der Waals surface area contributed by atoms with Crippen molar-refractivity contribution in [1.82, 2.24) is 9.29 Å². The van der Waals surface area contributed by atoms with Crippen LogP contribution in [0.5, 0.6) is 0 Å². The largest absolute Gasteiger partial charge is 0.381 e. The molecule has 0 bridgehead atoms. The molecular formula is C22H27N3O4S. The van der Waals surface area contributed by atoms with E-state index in [1.807, 2.05) is 19.1 Å². The van der Waals surface area contributed by atoms with Gasteiger partial charge in [0.25, 0.3) is 0 Å². The van der Waals surface area contributed by atoms with Crippen molar-refractivity contribution >= 4 is 21.6 Å². The summed E-state index contributed by atoms with van der Waals surface area (Å²) in [5, 5.41) is 2.92. The van der Waals surface area contributed by atoms with Gasteiger partial charge in [-0.05, 0) is 49.1 Å². The van der Waals surface area contributed by atoms with E-state index in [4.69, 9.17) is 4.74 Å². The normalized spacial score (nSPS) is 21.6. The van der Waals surface area contributed by atoms with Gasteiger partial charge in [-0.2, -0.15) is 4.31 Å². The highest BCUT2D eigenvalue weighted by molar-refractivity contribution is 7.89. The van der Waals surface area contributed by atoms with E-state index in [-0.39, 0.29) is 17.3 Å². The number of anilines is 1. The first kappa shape index (κ1) is 21.0. The molecule has 1 spiro atoms. The van der Waals surface area contributed by atoms with Gasteiger partial charge in [0.1, 0.15) is 0 Å². The molecule has 2 aromatic rings. The van der Waals surface area contributed by atoms with Crippen molar-refractivity contribution in [3.05, 3.63) is 54.4 Å². The highest BCUT2D eigenvalue weighted by Crippen LogP contribution is 2.46. The van der Waals surface area contributed by atoms with Gasteiger partial charge >= 0.3 is 0 Å². The predicted molar refractivity (Wildman–Crippen MR) is 113 cm³/mol. The number of hydrogen-bond acceptors (Lipinski definition) is 5. The van der Waals surface area contributed by atoms with Crippen molar-refractivity contribution in [2.45, 2.75) is 31.1 Å². The van der Waals surface area contributed by atoms with Crippen LogP contribution in [0.25, 0.3) is 0 Å². The maximum Gasteiger partial charge on any atom is 0.243 e. The first-order valence-electron chi connectivity index (χ1n) is 10.3. The molecule has 7 nitrogen and oxygen atoms in total. The number of sulfonamides is 1. The Labute approximate surface area is 177 Å². The van der Waals surface area contributed by atoms with Gasteiger partial charge in [-0.25, -0.2) is 8.42 Å². The van der Waals surface area contributed by atoms with E-state index in [1.54, 1.807) is 36.7 Å². The Balaban J connectivity index is 1.60. The second kappa shape index (κ2) is 8.45. The van der Waals surface area contributed by atoms with Gasteiger partial charge in [-0.15, -0.1) is 0 Å². The molecule has 1 amide bonds. The van der Waals surface area contributed by atoms with Crippen molar-refractivity contribution in [2.24, 2.45) is 11.3 Å². The second-order valence-electron chi connectivity index (χ2n) is 8.05. The third-order valence-electron chi connectivity index (χ3n) is 6.32. The van der Waals surface area contributed by atoms with E-state index in [1.165, 1.54) is 4.31 Å². The fourth-order valence-electron chi connectivity index (χ4n) is 4.46. The topological polar surface area (TPSA) is 88.6 Å². The summed E-state index contributed by atoms with van der Waals surface area (Å²) < 4.78 is 33.7. The number of aryl methyl sites for hydroxylation is 1. The summed E-state index contributed by atoms with van der Waals surface area (Å²) >= 11 is 0. The lowest BCUT2D eigenvalue weighted by Crippen LogP contribution is -2.42. The second-order valence-corrected chi connectivity index (χ2v) is 9.99. The standard InChI is InChI=1S/C22H27N3O4S/c1-2-17-5-7-19(8-6-17)30(27,28)25-15-20(22(16-25)9-12-29-13-10-22)21(26)24-18-4-3-11-23-14-18/h3-8,11,14,20H,2,9-10,12-13,15-16H2,1H3,(H,24,26)/t20-/m1/s1. The number of amides is 1. The molecular weight excluding hydrogens is 402 g/mol. The van der Waals surface area contributed by atoms with E-state index in [0.29, 0.717) is 38.3 Å². The van der Waals surface area contributed by atoms with Gasteiger partial charge in [-0.3, -0.25) is 9.78 Å². The molecule has 1 N–H and O–H groups in total. The summed E-state index contributed by atoms with van der Waals surface area (Å²) in [4.78, 5) is 17.5. The third-order valence-corrected chi connectivity index (χ3v) is 8.15. The first-order chi connectivity index (χ1) is 14.4. The lowest BCUT2D eigenvalue weighted by atomic mass is 9.72. The lowest BCUT2D eigenvalue weighted by Gasteiger charge is -2.37. The molecule has 1 aromatic heterocycles. The molecule has 8 heteroatoms. The molecule has 3 heterocycles. The minimum absolute atomic E-state index is 0.163. The van der Waals surface area contributed by atoms with Gasteiger partial charge in [-0.1, -0.05) is 19.1 Å². The number of hydrogen-bond donors (Lipinski definition) is 1. The van der Waals surface area contributed by atoms with E-state index >= 15 is 0 Å². The minimum atomic E-state index is -3.68. The summed E-state index contributed by atoms with van der Waals surface area (Å²) in [7, 11) is -3.68. The van der Waals surface area contributed by atoms with Crippen LogP contribution in [0.2, 0.25) is 0 Å². The SMILES string of the molecule is CCc1ccc(S(=O)(=O)N2C[C@H](C(=O)Nc3cccnc3)C3(CCOCC3)C2)cc1. The predicted octanol–water partition coefficient (Wildman–Crippen LogP) is 2.70. The van der Waals surface area contributed by atoms with Crippen LogP contribution in [-0.4, -0.2) is 49.9 Å². The molecule has 30 heavy (non-hydrogen) atoms. The Bertz CT molecular complexity index is 987. The first-order valence-corrected chi connectivity index (χ1v) is 11.8. The Morgan fingerprint density at radius 2 is 1.97 bits per heavy atom. The summed E-state index contributed by atoms with van der Waals surface area (Å²) in [6, 6.07) is 10.5. The van der Waals surface area contributed by atoms with Crippen LogP contribution in [0.4, 0.5) is 5.69 Å². The number of rotatable bonds is 5. The van der Waals surface area contributed by atoms with E-state index in [0.717, 1.165) is 12.0 Å². The van der Waals surface area contributed by atoms with E-state index in [9.17, 15) is 13.2 Å². The van der Waals surface area contributed by atoms with Gasteiger partial charge in [0.15, 0.2) is 0 Å². The van der Waals surface area contributed by atoms with Gasteiger partial charge in [0.05, 0.1) is 22.7 Å². The molecule has 2 aliphatic rings. The molecule has 4 rings (SSSR count). The van der Waals surface area contributed by atoms with Crippen LogP contribution in [0.1, 0.15) is 25.3 Å². The molecule has 0 radical (unpaired) electrons. The molecule has 0 aliphatic carbocycles. The Kier molecular flexibility index (Phi) is 5.90. The van der Waals surface area contributed by atoms with Crippen molar-refractivity contribution in [3.63, 3.8) is 0 Å². The van der Waals surface area contributed by atoms with Crippen LogP contribution in [0.15, 0.2) is 53.7 Å². The highest BCUT2D eigenvalue weighted by atomic mass is 32.2. The molecule has 1 aromatic carbocycles.